The molecule has 0 aliphatic heterocycles. The Bertz CT molecular complexity index is 919. The number of anilines is 1. The van der Waals surface area contributed by atoms with Gasteiger partial charge in [-0.05, 0) is 24.3 Å². The predicted octanol–water partition coefficient (Wildman–Crippen LogP) is 3.25. The highest BCUT2D eigenvalue weighted by molar-refractivity contribution is 7.92. The number of hydrogen-bond acceptors (Lipinski definition) is 3. The maximum Gasteiger partial charge on any atom is 0.229 e. The summed E-state index contributed by atoms with van der Waals surface area (Å²) in [5, 5.41) is 1.45. The first kappa shape index (κ1) is 13.9. The zero-order valence-corrected chi connectivity index (χ0v) is 12.7. The maximum absolute atomic E-state index is 11.3. The Labute approximate surface area is 127 Å². The molecular formula is C14H12ClN3O2S. The first-order valence-electron chi connectivity index (χ1n) is 6.14. The summed E-state index contributed by atoms with van der Waals surface area (Å²) in [5.74, 6) is 0. The highest BCUT2D eigenvalue weighted by atomic mass is 35.5. The smallest absolute Gasteiger partial charge is 0.229 e. The summed E-state index contributed by atoms with van der Waals surface area (Å²) >= 11 is 6.12. The number of rotatable bonds is 3. The highest BCUT2D eigenvalue weighted by Crippen LogP contribution is 2.29. The number of halogens is 1. The van der Waals surface area contributed by atoms with Crippen molar-refractivity contribution in [2.24, 2.45) is 0 Å². The number of aromatic nitrogens is 2. The van der Waals surface area contributed by atoms with Crippen molar-refractivity contribution >= 4 is 38.3 Å². The number of H-pyrrole nitrogens is 1. The van der Waals surface area contributed by atoms with E-state index >= 15 is 0 Å². The molecule has 7 heteroatoms. The van der Waals surface area contributed by atoms with Crippen LogP contribution in [0.1, 0.15) is 0 Å². The number of benzene rings is 1. The third kappa shape index (κ3) is 3.01. The van der Waals surface area contributed by atoms with E-state index in [0.717, 1.165) is 22.9 Å². The van der Waals surface area contributed by atoms with Crippen LogP contribution in [-0.4, -0.2) is 24.6 Å². The third-order valence-electron chi connectivity index (χ3n) is 2.96. The number of fused-ring (bicyclic) bond motifs is 1. The Balaban J connectivity index is 2.06. The molecule has 21 heavy (non-hydrogen) atoms. The van der Waals surface area contributed by atoms with E-state index in [9.17, 15) is 8.42 Å². The van der Waals surface area contributed by atoms with Gasteiger partial charge in [0.1, 0.15) is 5.65 Å². The lowest BCUT2D eigenvalue weighted by Crippen LogP contribution is -2.09. The van der Waals surface area contributed by atoms with Gasteiger partial charge < -0.3 is 4.98 Å². The second kappa shape index (κ2) is 5.05. The normalized spacial score (nSPS) is 11.7. The van der Waals surface area contributed by atoms with Crippen molar-refractivity contribution in [1.82, 2.24) is 9.97 Å². The van der Waals surface area contributed by atoms with E-state index in [0.29, 0.717) is 16.4 Å². The molecule has 0 saturated heterocycles. The Kier molecular flexibility index (Phi) is 3.35. The van der Waals surface area contributed by atoms with E-state index in [4.69, 9.17) is 11.6 Å². The van der Waals surface area contributed by atoms with Crippen molar-refractivity contribution in [1.29, 1.82) is 0 Å². The maximum atomic E-state index is 11.3. The van der Waals surface area contributed by atoms with Crippen LogP contribution in [0.3, 0.4) is 0 Å². The quantitative estimate of drug-likeness (QED) is 0.777. The Morgan fingerprint density at radius 3 is 2.76 bits per heavy atom. The van der Waals surface area contributed by atoms with Gasteiger partial charge in [-0.3, -0.25) is 4.72 Å². The van der Waals surface area contributed by atoms with Crippen molar-refractivity contribution in [3.8, 4) is 11.3 Å². The van der Waals surface area contributed by atoms with Crippen molar-refractivity contribution < 1.29 is 8.42 Å². The molecule has 108 valence electrons. The highest BCUT2D eigenvalue weighted by Gasteiger charge is 2.08. The number of pyridine rings is 1. The topological polar surface area (TPSA) is 74.8 Å². The van der Waals surface area contributed by atoms with E-state index in [1.807, 2.05) is 12.1 Å². The number of nitrogens with one attached hydrogen (secondary N) is 2. The lowest BCUT2D eigenvalue weighted by Gasteiger charge is -2.05. The van der Waals surface area contributed by atoms with E-state index < -0.39 is 10.0 Å². The van der Waals surface area contributed by atoms with Crippen LogP contribution < -0.4 is 4.72 Å². The van der Waals surface area contributed by atoms with E-state index in [-0.39, 0.29) is 0 Å². The SMILES string of the molecule is CS(=O)(=O)Nc1cccc(-c2cc3c(Cl)ccnc3[nH]2)c1. The second-order valence-electron chi connectivity index (χ2n) is 4.69. The molecule has 0 unspecified atom stereocenters. The molecule has 2 N–H and O–H groups in total. The molecule has 0 aliphatic rings. The van der Waals surface area contributed by atoms with Gasteiger partial charge in [-0.25, -0.2) is 13.4 Å². The van der Waals surface area contributed by atoms with Gasteiger partial charge in [0.2, 0.25) is 10.0 Å². The van der Waals surface area contributed by atoms with Crippen LogP contribution in [0.15, 0.2) is 42.6 Å². The monoisotopic (exact) mass is 321 g/mol. The van der Waals surface area contributed by atoms with E-state index in [1.54, 1.807) is 30.5 Å². The Morgan fingerprint density at radius 1 is 1.24 bits per heavy atom. The van der Waals surface area contributed by atoms with Gasteiger partial charge in [0.05, 0.1) is 11.3 Å². The molecule has 0 radical (unpaired) electrons. The van der Waals surface area contributed by atoms with Crippen molar-refractivity contribution in [3.05, 3.63) is 47.6 Å². The van der Waals surface area contributed by atoms with Crippen LogP contribution in [0.4, 0.5) is 5.69 Å². The Hall–Kier alpha value is -2.05. The van der Waals surface area contributed by atoms with Crippen LogP contribution >= 0.6 is 11.6 Å². The van der Waals surface area contributed by atoms with Gasteiger partial charge in [0.25, 0.3) is 0 Å². The summed E-state index contributed by atoms with van der Waals surface area (Å²) in [7, 11) is -3.30. The second-order valence-corrected chi connectivity index (χ2v) is 6.85. The van der Waals surface area contributed by atoms with Gasteiger partial charge in [-0.15, -0.1) is 0 Å². The summed E-state index contributed by atoms with van der Waals surface area (Å²) in [6.07, 6.45) is 2.75. The molecule has 0 spiro atoms. The van der Waals surface area contributed by atoms with Crippen molar-refractivity contribution in [2.45, 2.75) is 0 Å². The molecule has 3 aromatic rings. The molecule has 2 aromatic heterocycles. The molecule has 0 fully saturated rings. The summed E-state index contributed by atoms with van der Waals surface area (Å²) in [6.45, 7) is 0. The summed E-state index contributed by atoms with van der Waals surface area (Å²) in [5.41, 5.74) is 2.87. The summed E-state index contributed by atoms with van der Waals surface area (Å²) in [6, 6.07) is 10.7. The molecule has 0 atom stereocenters. The fourth-order valence-electron chi connectivity index (χ4n) is 2.11. The molecule has 5 nitrogen and oxygen atoms in total. The summed E-state index contributed by atoms with van der Waals surface area (Å²) < 4.78 is 25.0. The lowest BCUT2D eigenvalue weighted by atomic mass is 10.1. The number of hydrogen-bond donors (Lipinski definition) is 2. The molecular weight excluding hydrogens is 310 g/mol. The van der Waals surface area contributed by atoms with Crippen molar-refractivity contribution in [3.63, 3.8) is 0 Å². The number of nitrogens with zero attached hydrogens (tertiary/aromatic N) is 1. The standard InChI is InChI=1S/C14H12ClN3O2S/c1-21(19,20)18-10-4-2-3-9(7-10)13-8-11-12(15)5-6-16-14(11)17-13/h2-8,18H,1H3,(H,16,17). The first-order chi connectivity index (χ1) is 9.92. The van der Waals surface area contributed by atoms with Gasteiger partial charge >= 0.3 is 0 Å². The zero-order chi connectivity index (χ0) is 15.0. The molecule has 2 heterocycles. The number of aromatic amines is 1. The van der Waals surface area contributed by atoms with Crippen LogP contribution in [0, 0.1) is 0 Å². The van der Waals surface area contributed by atoms with Gasteiger partial charge in [0.15, 0.2) is 0 Å². The molecule has 3 rings (SSSR count). The first-order valence-corrected chi connectivity index (χ1v) is 8.41. The lowest BCUT2D eigenvalue weighted by molar-refractivity contribution is 0.607. The van der Waals surface area contributed by atoms with Gasteiger partial charge in [-0.1, -0.05) is 23.7 Å². The van der Waals surface area contributed by atoms with Crippen LogP contribution in [0.2, 0.25) is 5.02 Å². The van der Waals surface area contributed by atoms with Crippen LogP contribution in [-0.2, 0) is 10.0 Å². The van der Waals surface area contributed by atoms with Gasteiger partial charge in [-0.2, -0.15) is 0 Å². The van der Waals surface area contributed by atoms with Crippen LogP contribution in [0.25, 0.3) is 22.3 Å². The minimum absolute atomic E-state index is 0.507. The van der Waals surface area contributed by atoms with Crippen molar-refractivity contribution in [2.75, 3.05) is 11.0 Å². The molecule has 1 aromatic carbocycles. The molecule has 0 amide bonds. The third-order valence-corrected chi connectivity index (χ3v) is 3.89. The Morgan fingerprint density at radius 2 is 2.05 bits per heavy atom. The van der Waals surface area contributed by atoms with Gasteiger partial charge in [0, 0.05) is 28.5 Å². The molecule has 0 saturated carbocycles. The average Bonchev–Trinajstić information content (AvgIpc) is 2.82. The summed E-state index contributed by atoms with van der Waals surface area (Å²) in [4.78, 5) is 7.39. The van der Waals surface area contributed by atoms with E-state index in [2.05, 4.69) is 14.7 Å². The fraction of sp³-hybridized carbons (Fsp3) is 0.0714. The number of sulfonamides is 1. The molecule has 0 bridgehead atoms. The largest absolute Gasteiger partial charge is 0.339 e. The zero-order valence-electron chi connectivity index (χ0n) is 11.1. The molecule has 0 aliphatic carbocycles. The average molecular weight is 322 g/mol. The minimum Gasteiger partial charge on any atom is -0.339 e. The predicted molar refractivity (Wildman–Crippen MR) is 85.0 cm³/mol. The minimum atomic E-state index is -3.30. The van der Waals surface area contributed by atoms with E-state index in [1.165, 1.54) is 0 Å². The van der Waals surface area contributed by atoms with Crippen LogP contribution in [0.5, 0.6) is 0 Å². The fourth-order valence-corrected chi connectivity index (χ4v) is 2.87.